The van der Waals surface area contributed by atoms with Crippen molar-refractivity contribution in [3.8, 4) is 0 Å². The molecule has 0 saturated heterocycles. The monoisotopic (exact) mass is 221 g/mol. The molecule has 0 aliphatic carbocycles. The molecule has 0 bridgehead atoms. The van der Waals surface area contributed by atoms with E-state index in [1.54, 1.807) is 11.5 Å². The van der Waals surface area contributed by atoms with Gasteiger partial charge in [0.25, 0.3) is 0 Å². The Hall–Kier alpha value is -1.03. The molecule has 2 aromatic rings. The zero-order chi connectivity index (χ0) is 11.0. The molecule has 0 unspecified atom stereocenters. The molecule has 0 aliphatic rings. The average Bonchev–Trinajstić information content (AvgIpc) is 2.59. The van der Waals surface area contributed by atoms with E-state index in [0.717, 1.165) is 11.2 Å². The fraction of sp³-hybridized carbons (Fsp3) is 0.545. The van der Waals surface area contributed by atoms with Crippen molar-refractivity contribution < 1.29 is 0 Å². The minimum absolute atomic E-state index is 0.412. The van der Waals surface area contributed by atoms with Crippen LogP contribution in [0.15, 0.2) is 6.20 Å². The van der Waals surface area contributed by atoms with Gasteiger partial charge in [-0.25, -0.2) is 0 Å². The molecule has 0 fully saturated rings. The van der Waals surface area contributed by atoms with E-state index in [2.05, 4.69) is 42.3 Å². The molecule has 0 radical (unpaired) electrons. The lowest BCUT2D eigenvalue weighted by Crippen LogP contribution is -1.94. The van der Waals surface area contributed by atoms with E-state index < -0.39 is 0 Å². The second-order valence-corrected chi connectivity index (χ2v) is 5.13. The number of hydrogen-bond donors (Lipinski definition) is 0. The number of hydrogen-bond acceptors (Lipinski definition) is 4. The van der Waals surface area contributed by atoms with Crippen molar-refractivity contribution in [2.75, 3.05) is 0 Å². The predicted molar refractivity (Wildman–Crippen MR) is 63.4 cm³/mol. The van der Waals surface area contributed by atoms with Gasteiger partial charge in [0.15, 0.2) is 0 Å². The predicted octanol–water partition coefficient (Wildman–Crippen LogP) is 3.33. The summed E-state index contributed by atoms with van der Waals surface area (Å²) in [7, 11) is 0. The van der Waals surface area contributed by atoms with E-state index >= 15 is 0 Å². The van der Waals surface area contributed by atoms with Crippen molar-refractivity contribution in [1.82, 2.24) is 14.6 Å². The quantitative estimate of drug-likeness (QED) is 0.780. The summed E-state index contributed by atoms with van der Waals surface area (Å²) in [5, 5.41) is 8.27. The molecule has 3 nitrogen and oxygen atoms in total. The fourth-order valence-corrected chi connectivity index (χ4v) is 2.69. The van der Waals surface area contributed by atoms with E-state index in [1.807, 2.05) is 6.20 Å². The second kappa shape index (κ2) is 3.85. The molecular formula is C11H15N3S. The molecule has 0 atom stereocenters. The van der Waals surface area contributed by atoms with Gasteiger partial charge in [0, 0.05) is 0 Å². The number of fused-ring (bicyclic) bond motifs is 1. The first-order valence-electron chi connectivity index (χ1n) is 5.22. The minimum atomic E-state index is 0.412. The van der Waals surface area contributed by atoms with E-state index in [1.165, 1.54) is 10.3 Å². The average molecular weight is 221 g/mol. The Labute approximate surface area is 93.7 Å². The van der Waals surface area contributed by atoms with Crippen LogP contribution in [0.25, 0.3) is 10.2 Å². The van der Waals surface area contributed by atoms with Crippen LogP contribution in [0.3, 0.4) is 0 Å². The van der Waals surface area contributed by atoms with Gasteiger partial charge in [0.2, 0.25) is 0 Å². The van der Waals surface area contributed by atoms with Crippen LogP contribution in [-0.4, -0.2) is 14.6 Å². The van der Waals surface area contributed by atoms with Crippen molar-refractivity contribution in [2.45, 2.75) is 39.5 Å². The Kier molecular flexibility index (Phi) is 2.69. The highest BCUT2D eigenvalue weighted by Gasteiger charge is 2.15. The third kappa shape index (κ3) is 1.74. The molecule has 0 N–H and O–H groups in total. The summed E-state index contributed by atoms with van der Waals surface area (Å²) in [6.07, 6.45) is 1.86. The van der Waals surface area contributed by atoms with Crippen LogP contribution in [0.2, 0.25) is 0 Å². The van der Waals surface area contributed by atoms with Crippen molar-refractivity contribution in [2.24, 2.45) is 0 Å². The molecule has 2 heterocycles. The van der Waals surface area contributed by atoms with Gasteiger partial charge >= 0.3 is 0 Å². The van der Waals surface area contributed by atoms with Gasteiger partial charge in [0.1, 0.15) is 5.52 Å². The van der Waals surface area contributed by atoms with Crippen LogP contribution in [0.5, 0.6) is 0 Å². The number of aromatic nitrogens is 3. The van der Waals surface area contributed by atoms with Gasteiger partial charge in [-0.15, -0.1) is 5.10 Å². The summed E-state index contributed by atoms with van der Waals surface area (Å²) < 4.78 is 5.67. The third-order valence-electron chi connectivity index (χ3n) is 2.48. The molecular weight excluding hydrogens is 206 g/mol. The summed E-state index contributed by atoms with van der Waals surface area (Å²) in [6.45, 7) is 8.62. The minimum Gasteiger partial charge on any atom is -0.194 e. The maximum Gasteiger partial charge on any atom is 0.127 e. The zero-order valence-corrected chi connectivity index (χ0v) is 10.3. The Morgan fingerprint density at radius 2 is 1.87 bits per heavy atom. The molecule has 0 spiro atoms. The summed E-state index contributed by atoms with van der Waals surface area (Å²) in [6, 6.07) is 0. The lowest BCUT2D eigenvalue weighted by Gasteiger charge is -2.04. The maximum absolute atomic E-state index is 4.48. The molecule has 2 rings (SSSR count). The lowest BCUT2D eigenvalue weighted by atomic mass is 10.0. The number of rotatable bonds is 2. The van der Waals surface area contributed by atoms with Crippen LogP contribution < -0.4 is 0 Å². The van der Waals surface area contributed by atoms with Crippen LogP contribution in [0.4, 0.5) is 0 Å². The fourth-order valence-electron chi connectivity index (χ4n) is 1.58. The Bertz CT molecular complexity index is 474. The standard InChI is InChI=1S/C11H15N3S/c1-6(2)8-5-12-13-10-9(7(3)4)14-15-11(8)10/h5-7H,1-4H3. The molecule has 0 aliphatic heterocycles. The lowest BCUT2D eigenvalue weighted by molar-refractivity contribution is 0.835. The molecule has 2 aromatic heterocycles. The van der Waals surface area contributed by atoms with Gasteiger partial charge in [-0.1, -0.05) is 27.7 Å². The summed E-state index contributed by atoms with van der Waals surface area (Å²) in [5.74, 6) is 0.888. The molecule has 80 valence electrons. The largest absolute Gasteiger partial charge is 0.194 e. The second-order valence-electron chi connectivity index (χ2n) is 4.35. The zero-order valence-electron chi connectivity index (χ0n) is 9.48. The molecule has 15 heavy (non-hydrogen) atoms. The first-order chi connectivity index (χ1) is 7.11. The first kappa shape index (κ1) is 10.5. The maximum atomic E-state index is 4.48. The van der Waals surface area contributed by atoms with Gasteiger partial charge in [0.05, 0.1) is 16.6 Å². The normalized spacial score (nSPS) is 11.9. The van der Waals surface area contributed by atoms with Crippen LogP contribution in [0.1, 0.15) is 50.8 Å². The third-order valence-corrected chi connectivity index (χ3v) is 3.38. The van der Waals surface area contributed by atoms with Gasteiger partial charge in [-0.05, 0) is 28.9 Å². The highest BCUT2D eigenvalue weighted by atomic mass is 32.1. The van der Waals surface area contributed by atoms with E-state index in [4.69, 9.17) is 0 Å². The Balaban J connectivity index is 2.69. The van der Waals surface area contributed by atoms with E-state index in [9.17, 15) is 0 Å². The van der Waals surface area contributed by atoms with Crippen molar-refractivity contribution in [3.05, 3.63) is 17.5 Å². The van der Waals surface area contributed by atoms with Gasteiger partial charge in [-0.3, -0.25) is 0 Å². The molecule has 0 saturated carbocycles. The van der Waals surface area contributed by atoms with Gasteiger partial charge in [-0.2, -0.15) is 9.47 Å². The summed E-state index contributed by atoms with van der Waals surface area (Å²) >= 11 is 1.54. The highest BCUT2D eigenvalue weighted by molar-refractivity contribution is 7.13. The molecule has 0 aromatic carbocycles. The Morgan fingerprint density at radius 3 is 2.47 bits per heavy atom. The SMILES string of the molecule is CC(C)c1nsc2c(C(C)C)cnnc12. The summed E-state index contributed by atoms with van der Waals surface area (Å²) in [4.78, 5) is 0. The van der Waals surface area contributed by atoms with Crippen LogP contribution >= 0.6 is 11.5 Å². The van der Waals surface area contributed by atoms with Gasteiger partial charge < -0.3 is 0 Å². The molecule has 0 amide bonds. The summed E-state index contributed by atoms with van der Waals surface area (Å²) in [5.41, 5.74) is 3.32. The topological polar surface area (TPSA) is 38.7 Å². The van der Waals surface area contributed by atoms with Crippen molar-refractivity contribution in [1.29, 1.82) is 0 Å². The smallest absolute Gasteiger partial charge is 0.127 e. The number of nitrogens with zero attached hydrogens (tertiary/aromatic N) is 3. The Morgan fingerprint density at radius 1 is 1.13 bits per heavy atom. The highest BCUT2D eigenvalue weighted by Crippen LogP contribution is 2.31. The van der Waals surface area contributed by atoms with Crippen molar-refractivity contribution in [3.63, 3.8) is 0 Å². The van der Waals surface area contributed by atoms with E-state index in [0.29, 0.717) is 11.8 Å². The first-order valence-corrected chi connectivity index (χ1v) is 5.99. The van der Waals surface area contributed by atoms with Crippen molar-refractivity contribution >= 4 is 21.7 Å². The van der Waals surface area contributed by atoms with Crippen LogP contribution in [0, 0.1) is 0 Å². The molecule has 4 heteroatoms. The van der Waals surface area contributed by atoms with Crippen LogP contribution in [-0.2, 0) is 0 Å². The van der Waals surface area contributed by atoms with E-state index in [-0.39, 0.29) is 0 Å².